The molecule has 6 nitrogen and oxygen atoms in total. The summed E-state index contributed by atoms with van der Waals surface area (Å²) in [4.78, 5) is 19.1. The molecule has 0 aliphatic rings. The largest absolute Gasteiger partial charge is 0.478 e. The summed E-state index contributed by atoms with van der Waals surface area (Å²) in [6.45, 7) is 3.07. The molecule has 3 N–H and O–H groups in total. The summed E-state index contributed by atoms with van der Waals surface area (Å²) in [5.74, 6) is -1.07. The third kappa shape index (κ3) is 3.21. The second-order valence-electron chi connectivity index (χ2n) is 2.83. The highest BCUT2D eigenvalue weighted by molar-refractivity contribution is 7.13. The van der Waals surface area contributed by atoms with Crippen molar-refractivity contribution < 1.29 is 14.7 Å². The molecule has 1 heterocycles. The van der Waals surface area contributed by atoms with Crippen LogP contribution < -0.4 is 5.73 Å². The minimum absolute atomic E-state index is 0.436. The summed E-state index contributed by atoms with van der Waals surface area (Å²) in [7, 11) is 0. The average molecular weight is 229 g/mol. The monoisotopic (exact) mass is 229 g/mol. The van der Waals surface area contributed by atoms with Crippen molar-refractivity contribution >= 4 is 28.1 Å². The third-order valence-electron chi connectivity index (χ3n) is 1.59. The number of thiazole rings is 1. The van der Waals surface area contributed by atoms with Crippen molar-refractivity contribution in [3.05, 3.63) is 11.1 Å². The van der Waals surface area contributed by atoms with Crippen LogP contribution in [0, 0.1) is 0 Å². The molecular formula is C8H11N3O3S. The van der Waals surface area contributed by atoms with E-state index in [0.29, 0.717) is 16.5 Å². The smallest absolute Gasteiger partial charge is 0.347 e. The minimum atomic E-state index is -1.07. The Morgan fingerprint density at radius 2 is 2.47 bits per heavy atom. The summed E-state index contributed by atoms with van der Waals surface area (Å²) < 4.78 is 0. The lowest BCUT2D eigenvalue weighted by molar-refractivity contribution is -0.149. The Balaban J connectivity index is 2.64. The zero-order valence-electron chi connectivity index (χ0n) is 8.30. The fraction of sp³-hybridized carbons (Fsp3) is 0.375. The van der Waals surface area contributed by atoms with Gasteiger partial charge in [0.15, 0.2) is 5.13 Å². The maximum atomic E-state index is 10.4. The Hall–Kier alpha value is -1.63. The molecule has 0 saturated heterocycles. The lowest BCUT2D eigenvalue weighted by Gasteiger charge is -2.03. The van der Waals surface area contributed by atoms with Crippen LogP contribution in [-0.2, 0) is 9.63 Å². The number of carboxylic acids is 1. The van der Waals surface area contributed by atoms with Gasteiger partial charge in [0.25, 0.3) is 0 Å². The number of hydrogen-bond donors (Lipinski definition) is 2. The summed E-state index contributed by atoms with van der Waals surface area (Å²) in [5, 5.41) is 14.4. The molecule has 1 aromatic rings. The molecule has 0 amide bonds. The van der Waals surface area contributed by atoms with Crippen LogP contribution >= 0.6 is 11.3 Å². The third-order valence-corrected chi connectivity index (χ3v) is 2.26. The average Bonchev–Trinajstić information content (AvgIpc) is 2.60. The Labute approximate surface area is 90.4 Å². The first-order valence-electron chi connectivity index (χ1n) is 4.15. The maximum absolute atomic E-state index is 10.4. The van der Waals surface area contributed by atoms with Gasteiger partial charge in [-0.3, -0.25) is 0 Å². The van der Waals surface area contributed by atoms with E-state index in [0.717, 1.165) is 0 Å². The molecule has 1 aromatic heterocycles. The second kappa shape index (κ2) is 4.74. The van der Waals surface area contributed by atoms with Gasteiger partial charge in [-0.25, -0.2) is 9.78 Å². The van der Waals surface area contributed by atoms with Crippen LogP contribution in [0.2, 0.25) is 0 Å². The normalized spacial score (nSPS) is 13.6. The predicted molar refractivity (Wildman–Crippen MR) is 56.9 cm³/mol. The van der Waals surface area contributed by atoms with Gasteiger partial charge in [-0.05, 0) is 13.8 Å². The van der Waals surface area contributed by atoms with E-state index in [2.05, 4.69) is 10.1 Å². The van der Waals surface area contributed by atoms with Gasteiger partial charge in [0, 0.05) is 5.38 Å². The van der Waals surface area contributed by atoms with Crippen LogP contribution in [0.5, 0.6) is 0 Å². The molecule has 0 radical (unpaired) electrons. The number of aromatic nitrogens is 1. The van der Waals surface area contributed by atoms with Gasteiger partial charge < -0.3 is 15.7 Å². The minimum Gasteiger partial charge on any atom is -0.478 e. The number of nitrogens with two attached hydrogens (primary N) is 1. The number of nitrogens with zero attached hydrogens (tertiary/aromatic N) is 2. The number of oxime groups is 1. The van der Waals surface area contributed by atoms with E-state index >= 15 is 0 Å². The second-order valence-corrected chi connectivity index (χ2v) is 3.72. The molecule has 1 rings (SSSR count). The Morgan fingerprint density at radius 3 is 2.93 bits per heavy atom. The Kier molecular flexibility index (Phi) is 3.62. The fourth-order valence-electron chi connectivity index (χ4n) is 0.704. The van der Waals surface area contributed by atoms with E-state index in [4.69, 9.17) is 15.7 Å². The Bertz CT molecular complexity index is 388. The highest BCUT2D eigenvalue weighted by Gasteiger charge is 2.12. The van der Waals surface area contributed by atoms with Crippen molar-refractivity contribution in [3.63, 3.8) is 0 Å². The van der Waals surface area contributed by atoms with E-state index in [1.807, 2.05) is 0 Å². The van der Waals surface area contributed by atoms with Gasteiger partial charge in [0.05, 0.1) is 0 Å². The van der Waals surface area contributed by atoms with Crippen molar-refractivity contribution in [1.29, 1.82) is 0 Å². The van der Waals surface area contributed by atoms with E-state index < -0.39 is 12.1 Å². The zero-order chi connectivity index (χ0) is 11.4. The van der Waals surface area contributed by atoms with Crippen molar-refractivity contribution in [2.45, 2.75) is 20.0 Å². The van der Waals surface area contributed by atoms with Gasteiger partial charge in [0.1, 0.15) is 11.4 Å². The molecule has 0 spiro atoms. The molecule has 0 saturated carbocycles. The first-order valence-corrected chi connectivity index (χ1v) is 5.03. The molecule has 0 fully saturated rings. The Morgan fingerprint density at radius 1 is 1.80 bits per heavy atom. The van der Waals surface area contributed by atoms with E-state index in [-0.39, 0.29) is 0 Å². The van der Waals surface area contributed by atoms with Crippen LogP contribution in [0.25, 0.3) is 0 Å². The van der Waals surface area contributed by atoms with Crippen molar-refractivity contribution in [2.75, 3.05) is 5.73 Å². The SMILES string of the molecule is C/C(=N\OC(C)C(=O)O)c1csc(N)n1. The number of aliphatic carboxylic acids is 1. The number of carboxylic acid groups (broad SMARTS) is 1. The van der Waals surface area contributed by atoms with E-state index in [1.165, 1.54) is 18.3 Å². The number of carbonyl (C=O) groups is 1. The summed E-state index contributed by atoms with van der Waals surface area (Å²) in [6.07, 6.45) is -0.976. The van der Waals surface area contributed by atoms with Gasteiger partial charge in [-0.15, -0.1) is 11.3 Å². The number of hydrogen-bond acceptors (Lipinski definition) is 6. The standard InChI is InChI=1S/C8H11N3O3S/c1-4(6-3-15-8(9)10-6)11-14-5(2)7(12)13/h3,5H,1-2H3,(H2,9,10)(H,12,13)/b11-4+. The van der Waals surface area contributed by atoms with Crippen LogP contribution in [0.4, 0.5) is 5.13 Å². The molecule has 0 aliphatic heterocycles. The first-order chi connectivity index (χ1) is 7.00. The molecule has 0 aliphatic carbocycles. The molecule has 82 valence electrons. The van der Waals surface area contributed by atoms with Crippen LogP contribution in [0.15, 0.2) is 10.5 Å². The first kappa shape index (κ1) is 11.4. The van der Waals surface area contributed by atoms with Gasteiger partial charge in [-0.1, -0.05) is 5.16 Å². The van der Waals surface area contributed by atoms with Crippen molar-refractivity contribution in [3.8, 4) is 0 Å². The molecule has 0 bridgehead atoms. The van der Waals surface area contributed by atoms with Gasteiger partial charge in [-0.2, -0.15) is 0 Å². The van der Waals surface area contributed by atoms with E-state index in [9.17, 15) is 4.79 Å². The van der Waals surface area contributed by atoms with Crippen LogP contribution in [0.3, 0.4) is 0 Å². The predicted octanol–water partition coefficient (Wildman–Crippen LogP) is 0.939. The molecule has 7 heteroatoms. The number of rotatable bonds is 4. The highest BCUT2D eigenvalue weighted by atomic mass is 32.1. The molecule has 1 atom stereocenters. The topological polar surface area (TPSA) is 97.8 Å². The quantitative estimate of drug-likeness (QED) is 0.591. The maximum Gasteiger partial charge on any atom is 0.347 e. The number of anilines is 1. The molecule has 1 unspecified atom stereocenters. The summed E-state index contributed by atoms with van der Waals surface area (Å²) in [6, 6.07) is 0. The lowest BCUT2D eigenvalue weighted by atomic mass is 10.3. The summed E-state index contributed by atoms with van der Waals surface area (Å²) >= 11 is 1.29. The van der Waals surface area contributed by atoms with Crippen LogP contribution in [-0.4, -0.2) is 27.9 Å². The van der Waals surface area contributed by atoms with Gasteiger partial charge in [0.2, 0.25) is 6.10 Å². The fourth-order valence-corrected chi connectivity index (χ4v) is 1.31. The van der Waals surface area contributed by atoms with Crippen LogP contribution in [0.1, 0.15) is 19.5 Å². The number of nitrogen functional groups attached to an aromatic ring is 1. The van der Waals surface area contributed by atoms with Crippen molar-refractivity contribution in [2.24, 2.45) is 5.16 Å². The summed E-state index contributed by atoms with van der Waals surface area (Å²) in [5.41, 5.74) is 6.53. The van der Waals surface area contributed by atoms with Crippen molar-refractivity contribution in [1.82, 2.24) is 4.98 Å². The van der Waals surface area contributed by atoms with Gasteiger partial charge >= 0.3 is 5.97 Å². The van der Waals surface area contributed by atoms with E-state index in [1.54, 1.807) is 12.3 Å². The molecule has 15 heavy (non-hydrogen) atoms. The lowest BCUT2D eigenvalue weighted by Crippen LogP contribution is -2.18. The molecular weight excluding hydrogens is 218 g/mol. The molecule has 0 aromatic carbocycles. The zero-order valence-corrected chi connectivity index (χ0v) is 9.11. The highest BCUT2D eigenvalue weighted by Crippen LogP contribution is 2.12.